The first-order valence-corrected chi connectivity index (χ1v) is 7.45. The van der Waals surface area contributed by atoms with Crippen LogP contribution >= 0.6 is 0 Å². The van der Waals surface area contributed by atoms with Crippen molar-refractivity contribution in [3.63, 3.8) is 0 Å². The Balaban J connectivity index is 2.51. The molecule has 0 spiro atoms. The molecule has 0 radical (unpaired) electrons. The first-order chi connectivity index (χ1) is 8.67. The molecule has 0 unspecified atom stereocenters. The van der Waals surface area contributed by atoms with Gasteiger partial charge in [0, 0.05) is 19.4 Å². The zero-order chi connectivity index (χ0) is 13.4. The fraction of sp³-hybridized carbons (Fsp3) is 0.647. The van der Waals surface area contributed by atoms with Crippen molar-refractivity contribution in [3.05, 3.63) is 36.2 Å². The van der Waals surface area contributed by atoms with Crippen molar-refractivity contribution in [1.82, 2.24) is 4.57 Å². The lowest BCUT2D eigenvalue weighted by Crippen LogP contribution is -2.06. The minimum Gasteiger partial charge on any atom is -0.357 e. The van der Waals surface area contributed by atoms with E-state index in [1.165, 1.54) is 49.7 Å². The molecular formula is C17H29N. The third-order valence-electron chi connectivity index (χ3n) is 3.71. The zero-order valence-electron chi connectivity index (χ0n) is 12.4. The average molecular weight is 247 g/mol. The number of rotatable bonds is 9. The molecule has 1 nitrogen and oxygen atoms in total. The Morgan fingerprint density at radius 1 is 1.22 bits per heavy atom. The molecule has 0 aliphatic rings. The van der Waals surface area contributed by atoms with Gasteiger partial charge < -0.3 is 4.57 Å². The van der Waals surface area contributed by atoms with Gasteiger partial charge in [0.25, 0.3) is 0 Å². The standard InChI is InChI=1S/C17H29N/c1-5-7-9-17(10-8-6-2)15(3)13-16-11-12-18(4)14-16/h11-12,14,17H,3,5-10,13H2,1-2,4H3. The maximum absolute atomic E-state index is 4.36. The summed E-state index contributed by atoms with van der Waals surface area (Å²) in [6, 6.07) is 2.21. The van der Waals surface area contributed by atoms with Crippen LogP contribution in [0.1, 0.15) is 57.9 Å². The third kappa shape index (κ3) is 5.12. The summed E-state index contributed by atoms with van der Waals surface area (Å²) in [5, 5.41) is 0. The Kier molecular flexibility index (Phi) is 6.85. The highest BCUT2D eigenvalue weighted by Crippen LogP contribution is 2.25. The summed E-state index contributed by atoms with van der Waals surface area (Å²) in [5.41, 5.74) is 2.84. The topological polar surface area (TPSA) is 4.93 Å². The minimum atomic E-state index is 0.727. The molecule has 1 heteroatoms. The molecule has 0 amide bonds. The van der Waals surface area contributed by atoms with Crippen molar-refractivity contribution >= 4 is 0 Å². The second-order valence-corrected chi connectivity index (χ2v) is 5.50. The molecule has 0 saturated heterocycles. The van der Waals surface area contributed by atoms with Crippen molar-refractivity contribution < 1.29 is 0 Å². The molecule has 1 heterocycles. The lowest BCUT2D eigenvalue weighted by Gasteiger charge is -2.19. The Labute approximate surface area is 113 Å². The van der Waals surface area contributed by atoms with Gasteiger partial charge in [0.2, 0.25) is 0 Å². The molecule has 0 aromatic carbocycles. The zero-order valence-corrected chi connectivity index (χ0v) is 12.4. The number of unbranched alkanes of at least 4 members (excludes halogenated alkanes) is 2. The van der Waals surface area contributed by atoms with E-state index in [1.807, 2.05) is 0 Å². The van der Waals surface area contributed by atoms with E-state index in [9.17, 15) is 0 Å². The highest BCUT2D eigenvalue weighted by atomic mass is 14.9. The van der Waals surface area contributed by atoms with Crippen LogP contribution in [-0.4, -0.2) is 4.57 Å². The highest BCUT2D eigenvalue weighted by molar-refractivity contribution is 5.19. The Bertz CT molecular complexity index is 340. The van der Waals surface area contributed by atoms with E-state index in [0.717, 1.165) is 12.3 Å². The second-order valence-electron chi connectivity index (χ2n) is 5.50. The number of aromatic nitrogens is 1. The fourth-order valence-electron chi connectivity index (χ4n) is 2.53. The lowest BCUT2D eigenvalue weighted by molar-refractivity contribution is 0.470. The first kappa shape index (κ1) is 15.1. The summed E-state index contributed by atoms with van der Waals surface area (Å²) in [6.07, 6.45) is 13.3. The monoisotopic (exact) mass is 247 g/mol. The molecule has 0 N–H and O–H groups in total. The molecule has 18 heavy (non-hydrogen) atoms. The van der Waals surface area contributed by atoms with E-state index in [0.29, 0.717) is 0 Å². The van der Waals surface area contributed by atoms with Gasteiger partial charge in [0.15, 0.2) is 0 Å². The molecule has 0 aliphatic heterocycles. The Morgan fingerprint density at radius 2 is 1.83 bits per heavy atom. The van der Waals surface area contributed by atoms with E-state index in [1.54, 1.807) is 0 Å². The maximum atomic E-state index is 4.36. The Hall–Kier alpha value is -0.980. The van der Waals surface area contributed by atoms with Gasteiger partial charge in [-0.05, 0) is 36.8 Å². The number of hydrogen-bond donors (Lipinski definition) is 0. The molecule has 0 atom stereocenters. The van der Waals surface area contributed by atoms with Crippen molar-refractivity contribution in [2.75, 3.05) is 0 Å². The summed E-state index contributed by atoms with van der Waals surface area (Å²) in [6.45, 7) is 8.91. The normalized spacial score (nSPS) is 11.1. The smallest absolute Gasteiger partial charge is 0.0106 e. The SMILES string of the molecule is C=C(Cc1ccn(C)c1)C(CCCC)CCCC. The van der Waals surface area contributed by atoms with Gasteiger partial charge in [-0.1, -0.05) is 51.7 Å². The van der Waals surface area contributed by atoms with E-state index in [2.05, 4.69) is 50.5 Å². The van der Waals surface area contributed by atoms with E-state index in [-0.39, 0.29) is 0 Å². The summed E-state index contributed by atoms with van der Waals surface area (Å²) in [7, 11) is 2.08. The predicted octanol–water partition coefficient (Wildman–Crippen LogP) is 5.12. The molecule has 0 fully saturated rings. The van der Waals surface area contributed by atoms with Crippen LogP contribution in [0, 0.1) is 5.92 Å². The lowest BCUT2D eigenvalue weighted by atomic mass is 9.87. The van der Waals surface area contributed by atoms with Gasteiger partial charge in [-0.3, -0.25) is 0 Å². The van der Waals surface area contributed by atoms with Crippen molar-refractivity contribution in [2.45, 2.75) is 58.8 Å². The molecule has 0 saturated carbocycles. The van der Waals surface area contributed by atoms with Gasteiger partial charge in [-0.25, -0.2) is 0 Å². The van der Waals surface area contributed by atoms with Gasteiger partial charge in [-0.15, -0.1) is 0 Å². The molecule has 102 valence electrons. The number of nitrogens with zero attached hydrogens (tertiary/aromatic N) is 1. The summed E-state index contributed by atoms with van der Waals surface area (Å²) >= 11 is 0. The van der Waals surface area contributed by atoms with E-state index < -0.39 is 0 Å². The highest BCUT2D eigenvalue weighted by Gasteiger charge is 2.12. The third-order valence-corrected chi connectivity index (χ3v) is 3.71. The molecule has 1 rings (SSSR count). The van der Waals surface area contributed by atoms with Gasteiger partial charge >= 0.3 is 0 Å². The average Bonchev–Trinajstić information content (AvgIpc) is 2.75. The molecule has 1 aromatic rings. The summed E-state index contributed by atoms with van der Waals surface area (Å²) in [4.78, 5) is 0. The van der Waals surface area contributed by atoms with Crippen LogP contribution in [0.2, 0.25) is 0 Å². The van der Waals surface area contributed by atoms with Crippen LogP contribution in [0.5, 0.6) is 0 Å². The van der Waals surface area contributed by atoms with Crippen molar-refractivity contribution in [2.24, 2.45) is 13.0 Å². The Morgan fingerprint density at radius 3 is 2.28 bits per heavy atom. The summed E-state index contributed by atoms with van der Waals surface area (Å²) < 4.78 is 2.12. The first-order valence-electron chi connectivity index (χ1n) is 7.45. The minimum absolute atomic E-state index is 0.727. The van der Waals surface area contributed by atoms with Crippen LogP contribution in [0.25, 0.3) is 0 Å². The van der Waals surface area contributed by atoms with Crippen LogP contribution in [0.4, 0.5) is 0 Å². The number of aryl methyl sites for hydroxylation is 1. The van der Waals surface area contributed by atoms with Gasteiger partial charge in [0.1, 0.15) is 0 Å². The quantitative estimate of drug-likeness (QED) is 0.534. The van der Waals surface area contributed by atoms with Crippen molar-refractivity contribution in [1.29, 1.82) is 0 Å². The van der Waals surface area contributed by atoms with Crippen LogP contribution < -0.4 is 0 Å². The number of allylic oxidation sites excluding steroid dienone is 1. The van der Waals surface area contributed by atoms with Gasteiger partial charge in [0.05, 0.1) is 0 Å². The van der Waals surface area contributed by atoms with Crippen LogP contribution in [0.3, 0.4) is 0 Å². The van der Waals surface area contributed by atoms with E-state index in [4.69, 9.17) is 0 Å². The maximum Gasteiger partial charge on any atom is 0.0106 e. The second kappa shape index (κ2) is 8.18. The number of hydrogen-bond acceptors (Lipinski definition) is 0. The van der Waals surface area contributed by atoms with E-state index >= 15 is 0 Å². The molecule has 0 aliphatic carbocycles. The molecular weight excluding hydrogens is 218 g/mol. The largest absolute Gasteiger partial charge is 0.357 e. The predicted molar refractivity (Wildman–Crippen MR) is 80.8 cm³/mol. The molecule has 1 aromatic heterocycles. The summed E-state index contributed by atoms with van der Waals surface area (Å²) in [5.74, 6) is 0.727. The van der Waals surface area contributed by atoms with Crippen LogP contribution in [-0.2, 0) is 13.5 Å². The molecule has 0 bridgehead atoms. The van der Waals surface area contributed by atoms with Crippen molar-refractivity contribution in [3.8, 4) is 0 Å². The fourth-order valence-corrected chi connectivity index (χ4v) is 2.53. The van der Waals surface area contributed by atoms with Gasteiger partial charge in [-0.2, -0.15) is 0 Å². The van der Waals surface area contributed by atoms with Crippen LogP contribution in [0.15, 0.2) is 30.6 Å².